The Morgan fingerprint density at radius 1 is 1.03 bits per heavy atom. The highest BCUT2D eigenvalue weighted by Crippen LogP contribution is 2.37. The number of amides is 3. The van der Waals surface area contributed by atoms with Gasteiger partial charge in [-0.3, -0.25) is 14.4 Å². The smallest absolute Gasteiger partial charge is 0.258 e. The van der Waals surface area contributed by atoms with E-state index in [1.165, 1.54) is 0 Å². The van der Waals surface area contributed by atoms with Gasteiger partial charge >= 0.3 is 0 Å². The first-order valence-electron chi connectivity index (χ1n) is 13.4. The summed E-state index contributed by atoms with van der Waals surface area (Å²) in [6.45, 7) is 4.69. The minimum Gasteiger partial charge on any atom is -0.352 e. The number of hydrogen-bond donors (Lipinski definition) is 1. The van der Waals surface area contributed by atoms with Crippen LogP contribution in [0.4, 0.5) is 5.69 Å². The Balaban J connectivity index is 1.28. The Morgan fingerprint density at radius 2 is 1.76 bits per heavy atom. The van der Waals surface area contributed by atoms with Crippen LogP contribution in [0.3, 0.4) is 0 Å². The van der Waals surface area contributed by atoms with E-state index in [1.54, 1.807) is 9.80 Å². The highest BCUT2D eigenvalue weighted by molar-refractivity contribution is 6.25. The maximum Gasteiger partial charge on any atom is 0.258 e. The Bertz CT molecular complexity index is 1320. The van der Waals surface area contributed by atoms with Crippen molar-refractivity contribution in [3.8, 4) is 0 Å². The molecule has 37 heavy (non-hydrogen) atoms. The minimum absolute atomic E-state index is 0.0136. The van der Waals surface area contributed by atoms with Crippen molar-refractivity contribution in [1.29, 1.82) is 0 Å². The summed E-state index contributed by atoms with van der Waals surface area (Å²) in [5.74, 6) is -0.175. The molecule has 192 valence electrons. The molecule has 1 fully saturated rings. The molecule has 0 radical (unpaired) electrons. The summed E-state index contributed by atoms with van der Waals surface area (Å²) in [5.41, 5.74) is 3.76. The van der Waals surface area contributed by atoms with Crippen LogP contribution in [0, 0.1) is 6.92 Å². The Labute approximate surface area is 218 Å². The van der Waals surface area contributed by atoms with Crippen LogP contribution in [-0.2, 0) is 16.1 Å². The maximum atomic E-state index is 13.5. The second-order valence-electron chi connectivity index (χ2n) is 10.4. The van der Waals surface area contributed by atoms with Crippen molar-refractivity contribution >= 4 is 34.2 Å². The van der Waals surface area contributed by atoms with Crippen LogP contribution >= 0.6 is 0 Å². The third-order valence-corrected chi connectivity index (χ3v) is 7.89. The van der Waals surface area contributed by atoms with Gasteiger partial charge in [-0.05, 0) is 61.8 Å². The van der Waals surface area contributed by atoms with Gasteiger partial charge in [-0.2, -0.15) is 0 Å². The molecule has 1 N–H and O–H groups in total. The molecule has 3 aromatic rings. The molecule has 0 saturated heterocycles. The highest BCUT2D eigenvalue weighted by Gasteiger charge is 2.31. The van der Waals surface area contributed by atoms with Crippen molar-refractivity contribution in [1.82, 2.24) is 10.2 Å². The predicted molar refractivity (Wildman–Crippen MR) is 146 cm³/mol. The predicted octanol–water partition coefficient (Wildman–Crippen LogP) is 5.36. The maximum absolute atomic E-state index is 13.5. The van der Waals surface area contributed by atoms with Crippen LogP contribution in [0.1, 0.15) is 66.9 Å². The first-order chi connectivity index (χ1) is 17.9. The number of benzene rings is 3. The van der Waals surface area contributed by atoms with E-state index in [0.717, 1.165) is 58.8 Å². The van der Waals surface area contributed by atoms with E-state index >= 15 is 0 Å². The number of nitrogens with zero attached hydrogens (tertiary/aromatic N) is 2. The molecule has 1 heterocycles. The van der Waals surface area contributed by atoms with E-state index in [-0.39, 0.29) is 30.2 Å². The average Bonchev–Trinajstić information content (AvgIpc) is 3.51. The monoisotopic (exact) mass is 497 g/mol. The molecule has 0 unspecified atom stereocenters. The van der Waals surface area contributed by atoms with Crippen molar-refractivity contribution in [3.63, 3.8) is 0 Å². The van der Waals surface area contributed by atoms with E-state index < -0.39 is 6.04 Å². The van der Waals surface area contributed by atoms with Crippen molar-refractivity contribution in [3.05, 3.63) is 77.4 Å². The number of rotatable bonds is 9. The Morgan fingerprint density at radius 3 is 2.51 bits per heavy atom. The summed E-state index contributed by atoms with van der Waals surface area (Å²) in [6.07, 6.45) is 5.07. The lowest BCUT2D eigenvalue weighted by Gasteiger charge is -2.30. The topological polar surface area (TPSA) is 69.7 Å². The van der Waals surface area contributed by atoms with Crippen LogP contribution < -0.4 is 10.2 Å². The molecule has 6 nitrogen and oxygen atoms in total. The second kappa shape index (κ2) is 10.8. The molecule has 0 bridgehead atoms. The molecule has 1 saturated carbocycles. The lowest BCUT2D eigenvalue weighted by Crippen LogP contribution is -2.49. The lowest BCUT2D eigenvalue weighted by atomic mass is 10.1. The molecular formula is C31H35N3O3. The summed E-state index contributed by atoms with van der Waals surface area (Å²) in [7, 11) is 0. The molecule has 1 atom stereocenters. The van der Waals surface area contributed by atoms with Gasteiger partial charge in [0.15, 0.2) is 0 Å². The second-order valence-corrected chi connectivity index (χ2v) is 10.4. The SMILES string of the molecule is Cc1ccccc1CN(C(=O)CCCN1C(=O)c2cccc3cccc1c23)[C@@H](C)C(=O)NC1CCCC1. The summed E-state index contributed by atoms with van der Waals surface area (Å²) in [5, 5.41) is 5.19. The van der Waals surface area contributed by atoms with Crippen molar-refractivity contribution < 1.29 is 14.4 Å². The molecule has 2 aliphatic rings. The first kappa shape index (κ1) is 25.0. The van der Waals surface area contributed by atoms with Gasteiger partial charge in [0, 0.05) is 36.5 Å². The van der Waals surface area contributed by atoms with E-state index in [1.807, 2.05) is 74.5 Å². The number of carbonyl (C=O) groups is 3. The number of aryl methyl sites for hydroxylation is 1. The van der Waals surface area contributed by atoms with Gasteiger partial charge in [-0.1, -0.05) is 61.4 Å². The van der Waals surface area contributed by atoms with Gasteiger partial charge in [0.25, 0.3) is 5.91 Å². The fourth-order valence-electron chi connectivity index (χ4n) is 5.68. The van der Waals surface area contributed by atoms with E-state index in [2.05, 4.69) is 5.32 Å². The quantitative estimate of drug-likeness (QED) is 0.432. The molecule has 1 aliphatic carbocycles. The zero-order valence-corrected chi connectivity index (χ0v) is 21.7. The molecule has 3 aromatic carbocycles. The lowest BCUT2D eigenvalue weighted by molar-refractivity contribution is -0.141. The van der Waals surface area contributed by atoms with E-state index in [9.17, 15) is 14.4 Å². The summed E-state index contributed by atoms with van der Waals surface area (Å²) < 4.78 is 0. The van der Waals surface area contributed by atoms with Crippen LogP contribution in [0.15, 0.2) is 60.7 Å². The van der Waals surface area contributed by atoms with Crippen LogP contribution in [0.25, 0.3) is 10.8 Å². The minimum atomic E-state index is -0.570. The van der Waals surface area contributed by atoms with Crippen LogP contribution in [-0.4, -0.2) is 41.2 Å². The first-order valence-corrected chi connectivity index (χ1v) is 13.4. The largest absolute Gasteiger partial charge is 0.352 e. The van der Waals surface area contributed by atoms with Crippen LogP contribution in [0.2, 0.25) is 0 Å². The normalized spacial score (nSPS) is 15.8. The molecular weight excluding hydrogens is 462 g/mol. The summed E-state index contributed by atoms with van der Waals surface area (Å²) >= 11 is 0. The third-order valence-electron chi connectivity index (χ3n) is 7.89. The third kappa shape index (κ3) is 5.10. The molecule has 6 heteroatoms. The summed E-state index contributed by atoms with van der Waals surface area (Å²) in [6, 6.07) is 19.4. The fourth-order valence-corrected chi connectivity index (χ4v) is 5.68. The van der Waals surface area contributed by atoms with Gasteiger partial charge in [-0.15, -0.1) is 0 Å². The van der Waals surface area contributed by atoms with Gasteiger partial charge in [0.2, 0.25) is 11.8 Å². The van der Waals surface area contributed by atoms with Gasteiger partial charge < -0.3 is 15.1 Å². The average molecular weight is 498 g/mol. The van der Waals surface area contributed by atoms with Gasteiger partial charge in [-0.25, -0.2) is 0 Å². The number of carbonyl (C=O) groups excluding carboxylic acids is 3. The summed E-state index contributed by atoms with van der Waals surface area (Å²) in [4.78, 5) is 43.3. The van der Waals surface area contributed by atoms with Crippen molar-refractivity contribution in [2.24, 2.45) is 0 Å². The van der Waals surface area contributed by atoms with Crippen molar-refractivity contribution in [2.75, 3.05) is 11.4 Å². The molecule has 3 amide bonds. The van der Waals surface area contributed by atoms with E-state index in [0.29, 0.717) is 19.5 Å². The molecule has 5 rings (SSSR count). The van der Waals surface area contributed by atoms with Gasteiger partial charge in [0.05, 0.1) is 5.69 Å². The van der Waals surface area contributed by atoms with E-state index in [4.69, 9.17) is 0 Å². The number of hydrogen-bond acceptors (Lipinski definition) is 3. The molecule has 1 aliphatic heterocycles. The highest BCUT2D eigenvalue weighted by atomic mass is 16.2. The Kier molecular flexibility index (Phi) is 7.26. The zero-order chi connectivity index (χ0) is 25.9. The van der Waals surface area contributed by atoms with Crippen molar-refractivity contribution in [2.45, 2.75) is 71.0 Å². The Hall–Kier alpha value is -3.67. The molecule has 0 aromatic heterocycles. The number of anilines is 1. The molecule has 0 spiro atoms. The van der Waals surface area contributed by atoms with Gasteiger partial charge in [0.1, 0.15) is 6.04 Å². The fraction of sp³-hybridized carbons (Fsp3) is 0.387. The number of nitrogens with one attached hydrogen (secondary N) is 1. The zero-order valence-electron chi connectivity index (χ0n) is 21.7. The van der Waals surface area contributed by atoms with Crippen LogP contribution in [0.5, 0.6) is 0 Å². The standard InChI is InChI=1S/C31H35N3O3/c1-21-10-3-4-11-24(21)20-34(22(2)30(36)32-25-14-5-6-15-25)28(35)18-9-19-33-27-17-8-13-23-12-7-16-26(29(23)27)31(33)37/h3-4,7-8,10-13,16-17,22,25H,5-6,9,14-15,18-20H2,1-2H3,(H,32,36)/t22-/m0/s1.